The highest BCUT2D eigenvalue weighted by molar-refractivity contribution is 7.26. The summed E-state index contributed by atoms with van der Waals surface area (Å²) >= 11 is 1.87. The van der Waals surface area contributed by atoms with Gasteiger partial charge in [-0.1, -0.05) is 152 Å². The highest BCUT2D eigenvalue weighted by Crippen LogP contribution is 2.46. The van der Waals surface area contributed by atoms with Crippen molar-refractivity contribution in [1.82, 2.24) is 4.57 Å². The van der Waals surface area contributed by atoms with Crippen LogP contribution in [0.4, 0.5) is 5.69 Å². The quantitative estimate of drug-likeness (QED) is 0.166. The van der Waals surface area contributed by atoms with E-state index in [4.69, 9.17) is 10.3 Å². The number of fused-ring (bicyclic) bond motifs is 12. The zero-order chi connectivity index (χ0) is 32.8. The second-order valence-electron chi connectivity index (χ2n) is 13.1. The van der Waals surface area contributed by atoms with E-state index in [-0.39, 0.29) is 6.04 Å². The Bertz CT molecular complexity index is 3000. The van der Waals surface area contributed by atoms with E-state index in [9.17, 15) is 0 Å². The second-order valence-corrected chi connectivity index (χ2v) is 14.2. The Balaban J connectivity index is 1.13. The number of benzene rings is 8. The molecule has 10 aromatic rings. The maximum Gasteiger partial charge on any atom is 0.0432 e. The monoisotopic (exact) mass is 654 g/mol. The topological polar surface area (TPSA) is 31.4 Å². The molecule has 3 heterocycles. The van der Waals surface area contributed by atoms with Gasteiger partial charge in [-0.15, -0.1) is 11.3 Å². The zero-order valence-corrected chi connectivity index (χ0v) is 27.7. The first kappa shape index (κ1) is 27.7. The molecule has 1 aliphatic heterocycles. The van der Waals surface area contributed by atoms with E-state index in [0.29, 0.717) is 5.96 Å². The molecule has 8 aromatic carbocycles. The van der Waals surface area contributed by atoms with Crippen molar-refractivity contribution in [3.63, 3.8) is 0 Å². The van der Waals surface area contributed by atoms with Gasteiger partial charge in [-0.25, -0.2) is 0 Å². The van der Waals surface area contributed by atoms with Gasteiger partial charge < -0.3 is 14.9 Å². The summed E-state index contributed by atoms with van der Waals surface area (Å²) in [5.41, 5.74) is 7.85. The van der Waals surface area contributed by atoms with E-state index in [2.05, 4.69) is 168 Å². The molecule has 1 aliphatic rings. The van der Waals surface area contributed by atoms with Crippen LogP contribution in [0, 0.1) is 0 Å². The summed E-state index contributed by atoms with van der Waals surface area (Å²) in [4.78, 5) is 5.24. The van der Waals surface area contributed by atoms with Gasteiger partial charge in [0.1, 0.15) is 0 Å². The predicted molar refractivity (Wildman–Crippen MR) is 213 cm³/mol. The minimum atomic E-state index is -0.177. The second kappa shape index (κ2) is 10.6. The first-order valence-corrected chi connectivity index (χ1v) is 17.8. The summed E-state index contributed by atoms with van der Waals surface area (Å²) in [6.45, 7) is 0. The molecule has 234 valence electrons. The number of aromatic nitrogens is 1. The molecule has 0 bridgehead atoms. The van der Waals surface area contributed by atoms with Gasteiger partial charge in [0.05, 0.1) is 0 Å². The molecular formula is C46H28N3S-. The molecule has 4 heteroatoms. The number of thiophene rings is 1. The first-order chi connectivity index (χ1) is 24.8. The number of nitrogens with zero attached hydrogens (tertiary/aromatic N) is 3. The van der Waals surface area contributed by atoms with Crippen LogP contribution in [-0.2, 0) is 0 Å². The summed E-state index contributed by atoms with van der Waals surface area (Å²) in [5, 5.41) is 15.7. The van der Waals surface area contributed by atoms with Crippen molar-refractivity contribution < 1.29 is 0 Å². The van der Waals surface area contributed by atoms with Crippen LogP contribution in [-0.4, -0.2) is 10.5 Å². The normalized spacial score (nSPS) is 14.5. The molecule has 0 spiro atoms. The van der Waals surface area contributed by atoms with Crippen molar-refractivity contribution in [1.29, 1.82) is 0 Å². The van der Waals surface area contributed by atoms with Crippen LogP contribution in [0.2, 0.25) is 0 Å². The average Bonchev–Trinajstić information content (AvgIpc) is 3.74. The van der Waals surface area contributed by atoms with E-state index in [0.717, 1.165) is 27.8 Å². The molecule has 0 aliphatic carbocycles. The maximum absolute atomic E-state index is 5.45. The summed E-state index contributed by atoms with van der Waals surface area (Å²) in [6.07, 6.45) is 0. The van der Waals surface area contributed by atoms with E-state index < -0.39 is 0 Å². The molecule has 11 rings (SSSR count). The Morgan fingerprint density at radius 2 is 1.18 bits per heavy atom. The Kier molecular flexibility index (Phi) is 5.89. The lowest BCUT2D eigenvalue weighted by Crippen LogP contribution is -2.18. The van der Waals surface area contributed by atoms with Gasteiger partial charge in [-0.05, 0) is 78.0 Å². The lowest BCUT2D eigenvalue weighted by molar-refractivity contribution is 0.964. The SMILES string of the molecule is c1ccc(-c2ccc(C3[N-]C(n4c5ccccc5c5c6ccc7ccc8sc9ccccc9c8c7c6ccc54)=Nc4ccccc43)cc2)cc1. The summed E-state index contributed by atoms with van der Waals surface area (Å²) in [5.74, 6) is 0.707. The number of aliphatic imine (C=N–C) groups is 1. The molecule has 1 unspecified atom stereocenters. The third-order valence-corrected chi connectivity index (χ3v) is 11.5. The van der Waals surface area contributed by atoms with Crippen molar-refractivity contribution in [2.45, 2.75) is 6.04 Å². The fraction of sp³-hybridized carbons (Fsp3) is 0.0217. The minimum Gasteiger partial charge on any atom is -0.381 e. The smallest absolute Gasteiger partial charge is 0.0432 e. The summed E-state index contributed by atoms with van der Waals surface area (Å²) < 4.78 is 4.92. The molecule has 0 radical (unpaired) electrons. The van der Waals surface area contributed by atoms with Crippen LogP contribution in [0.5, 0.6) is 0 Å². The van der Waals surface area contributed by atoms with Crippen molar-refractivity contribution in [3.05, 3.63) is 180 Å². The highest BCUT2D eigenvalue weighted by Gasteiger charge is 2.22. The van der Waals surface area contributed by atoms with Gasteiger partial charge in [-0.3, -0.25) is 0 Å². The molecule has 50 heavy (non-hydrogen) atoms. The van der Waals surface area contributed by atoms with Crippen molar-refractivity contribution >= 4 is 86.5 Å². The van der Waals surface area contributed by atoms with Crippen LogP contribution < -0.4 is 0 Å². The van der Waals surface area contributed by atoms with E-state index >= 15 is 0 Å². The van der Waals surface area contributed by atoms with Gasteiger partial charge in [0.25, 0.3) is 0 Å². The van der Waals surface area contributed by atoms with Gasteiger partial charge in [-0.2, -0.15) is 0 Å². The van der Waals surface area contributed by atoms with Crippen molar-refractivity contribution in [2.75, 3.05) is 0 Å². The standard InChI is InChI=1S/C46H28N3S/c1-2-10-28(11-3-1)29-18-20-31(21-19-29)45-34-12-4-7-15-37(34)47-46(48-45)49-38-16-8-5-13-35(38)43-33-24-22-30-23-27-41-44(36-14-6-9-17-40(36)50-41)42(30)32(33)25-26-39(43)49/h1-27,45H/q-1. The lowest BCUT2D eigenvalue weighted by atomic mass is 9.94. The fourth-order valence-corrected chi connectivity index (χ4v) is 9.23. The molecular weight excluding hydrogens is 627 g/mol. The van der Waals surface area contributed by atoms with Crippen LogP contribution in [0.25, 0.3) is 80.0 Å². The third kappa shape index (κ3) is 4.00. The Labute approximate surface area is 292 Å². The first-order valence-electron chi connectivity index (χ1n) is 17.0. The molecule has 0 N–H and O–H groups in total. The number of rotatable bonds is 2. The van der Waals surface area contributed by atoms with Crippen LogP contribution >= 0.6 is 11.3 Å². The van der Waals surface area contributed by atoms with Crippen molar-refractivity contribution in [2.24, 2.45) is 4.99 Å². The molecule has 3 nitrogen and oxygen atoms in total. The van der Waals surface area contributed by atoms with Crippen LogP contribution in [0.15, 0.2) is 169 Å². The van der Waals surface area contributed by atoms with Crippen LogP contribution in [0.3, 0.4) is 0 Å². The third-order valence-electron chi connectivity index (χ3n) is 10.4. The fourth-order valence-electron chi connectivity index (χ4n) is 8.12. The molecule has 0 saturated carbocycles. The number of para-hydroxylation sites is 2. The maximum atomic E-state index is 5.45. The van der Waals surface area contributed by atoms with Gasteiger partial charge in [0.2, 0.25) is 0 Å². The predicted octanol–water partition coefficient (Wildman–Crippen LogP) is 13.1. The Hall–Kier alpha value is -6.23. The molecule has 0 amide bonds. The van der Waals surface area contributed by atoms with E-state index in [1.54, 1.807) is 0 Å². The van der Waals surface area contributed by atoms with Crippen LogP contribution in [0.1, 0.15) is 17.2 Å². The zero-order valence-electron chi connectivity index (χ0n) is 26.9. The van der Waals surface area contributed by atoms with Gasteiger partial charge >= 0.3 is 0 Å². The van der Waals surface area contributed by atoms with E-state index in [1.807, 2.05) is 11.3 Å². The van der Waals surface area contributed by atoms with E-state index in [1.165, 1.54) is 63.6 Å². The lowest BCUT2D eigenvalue weighted by Gasteiger charge is -2.35. The number of hydrogen-bond acceptors (Lipinski definition) is 2. The Morgan fingerprint density at radius 1 is 0.480 bits per heavy atom. The average molecular weight is 655 g/mol. The molecule has 0 fully saturated rings. The van der Waals surface area contributed by atoms with Gasteiger partial charge in [0, 0.05) is 37.6 Å². The van der Waals surface area contributed by atoms with Crippen molar-refractivity contribution in [3.8, 4) is 11.1 Å². The largest absolute Gasteiger partial charge is 0.381 e. The summed E-state index contributed by atoms with van der Waals surface area (Å²) in [6, 6.07) is 58.9. The molecule has 1 atom stereocenters. The highest BCUT2D eigenvalue weighted by atomic mass is 32.1. The molecule has 0 saturated heterocycles. The minimum absolute atomic E-state index is 0.177. The number of hydrogen-bond donors (Lipinski definition) is 0. The Morgan fingerprint density at radius 3 is 2.08 bits per heavy atom. The summed E-state index contributed by atoms with van der Waals surface area (Å²) in [7, 11) is 0. The van der Waals surface area contributed by atoms with Gasteiger partial charge in [0.15, 0.2) is 0 Å². The molecule has 2 aromatic heterocycles.